The van der Waals surface area contributed by atoms with Crippen LogP contribution in [0.15, 0.2) is 70.7 Å². The van der Waals surface area contributed by atoms with E-state index < -0.39 is 4.92 Å². The average Bonchev–Trinajstić information content (AvgIpc) is 2.95. The monoisotopic (exact) mass is 389 g/mol. The molecule has 3 aromatic rings. The Labute approximate surface area is 164 Å². The molecule has 0 atom stereocenters. The molecule has 2 aromatic carbocycles. The van der Waals surface area contributed by atoms with Crippen LogP contribution in [-0.4, -0.2) is 27.7 Å². The van der Waals surface area contributed by atoms with Gasteiger partial charge in [-0.15, -0.1) is 0 Å². The smallest absolute Gasteiger partial charge is 0.276 e. The maximum Gasteiger partial charge on any atom is 0.276 e. The maximum absolute atomic E-state index is 12.3. The number of hydrogen-bond donors (Lipinski definition) is 2. The lowest BCUT2D eigenvalue weighted by molar-refractivity contribution is -0.384. The van der Waals surface area contributed by atoms with Crippen molar-refractivity contribution in [3.05, 3.63) is 92.5 Å². The van der Waals surface area contributed by atoms with Crippen LogP contribution in [0.5, 0.6) is 5.75 Å². The zero-order valence-electron chi connectivity index (χ0n) is 15.2. The molecule has 0 radical (unpaired) electrons. The van der Waals surface area contributed by atoms with Crippen LogP contribution < -0.4 is 15.6 Å². The van der Waals surface area contributed by atoms with Gasteiger partial charge in [-0.3, -0.25) is 14.9 Å². The van der Waals surface area contributed by atoms with Gasteiger partial charge in [0.1, 0.15) is 5.75 Å². The Bertz CT molecular complexity index is 1190. The normalized spacial score (nSPS) is 12.7. The lowest BCUT2D eigenvalue weighted by Gasteiger charge is -2.10. The molecule has 2 heterocycles. The van der Waals surface area contributed by atoms with E-state index in [0.717, 1.165) is 5.56 Å². The van der Waals surface area contributed by atoms with Crippen LogP contribution >= 0.6 is 0 Å². The summed E-state index contributed by atoms with van der Waals surface area (Å²) in [4.78, 5) is 34.0. The number of nitro groups is 1. The molecule has 1 aliphatic rings. The number of aromatic amines is 1. The average molecular weight is 389 g/mol. The number of non-ortho nitro benzene ring substituents is 1. The summed E-state index contributed by atoms with van der Waals surface area (Å²) in [5.74, 6) is 0.925. The summed E-state index contributed by atoms with van der Waals surface area (Å²) in [5.41, 5.74) is 2.43. The second-order valence-electron chi connectivity index (χ2n) is 6.14. The van der Waals surface area contributed by atoms with Gasteiger partial charge in [0, 0.05) is 23.4 Å². The number of hydrogen-bond acceptors (Lipinski definition) is 7. The fourth-order valence-corrected chi connectivity index (χ4v) is 2.87. The number of fused-ring (bicyclic) bond motifs is 1. The van der Waals surface area contributed by atoms with Crippen LogP contribution in [0.25, 0.3) is 5.70 Å². The van der Waals surface area contributed by atoms with E-state index >= 15 is 0 Å². The molecule has 0 unspecified atom stereocenters. The molecule has 0 amide bonds. The molecule has 9 heteroatoms. The van der Waals surface area contributed by atoms with Gasteiger partial charge < -0.3 is 15.0 Å². The van der Waals surface area contributed by atoms with Crippen molar-refractivity contribution in [1.82, 2.24) is 9.97 Å². The van der Waals surface area contributed by atoms with Crippen LogP contribution in [0.3, 0.4) is 0 Å². The lowest BCUT2D eigenvalue weighted by atomic mass is 10.1. The molecule has 0 aliphatic carbocycles. The van der Waals surface area contributed by atoms with E-state index in [1.807, 2.05) is 12.1 Å². The number of methoxy groups -OCH3 is 1. The van der Waals surface area contributed by atoms with Crippen molar-refractivity contribution in [2.75, 3.05) is 12.4 Å². The minimum Gasteiger partial charge on any atom is -0.497 e. The van der Waals surface area contributed by atoms with Gasteiger partial charge in [-0.2, -0.15) is 0 Å². The number of nitro benzene ring substituents is 1. The molecule has 4 rings (SSSR count). The van der Waals surface area contributed by atoms with Crippen molar-refractivity contribution in [2.45, 2.75) is 0 Å². The van der Waals surface area contributed by atoms with Crippen molar-refractivity contribution in [1.29, 1.82) is 0 Å². The molecule has 144 valence electrons. The Morgan fingerprint density at radius 1 is 1.03 bits per heavy atom. The lowest BCUT2D eigenvalue weighted by Crippen LogP contribution is -2.13. The number of aromatic nitrogens is 2. The number of anilines is 1. The van der Waals surface area contributed by atoms with E-state index in [1.165, 1.54) is 18.5 Å². The first-order valence-corrected chi connectivity index (χ1v) is 8.59. The van der Waals surface area contributed by atoms with Gasteiger partial charge in [0.2, 0.25) is 0 Å². The standard InChI is InChI=1S/C20H15N5O4/c1-29-15-8-4-13(5-9-15)16-10-17(12-2-6-14(7-3-12)25(27)28)24-19-18(23-16)20(26)22-11-21-19/h2-11,23H,1H3,(H,21,22,26). The van der Waals surface area contributed by atoms with Gasteiger partial charge in [-0.1, -0.05) is 0 Å². The number of aliphatic imine (C=N–C) groups is 1. The van der Waals surface area contributed by atoms with Gasteiger partial charge >= 0.3 is 0 Å². The first-order valence-electron chi connectivity index (χ1n) is 8.59. The summed E-state index contributed by atoms with van der Waals surface area (Å²) in [6, 6.07) is 13.3. The molecule has 0 saturated carbocycles. The second-order valence-corrected chi connectivity index (χ2v) is 6.14. The van der Waals surface area contributed by atoms with E-state index in [1.54, 1.807) is 37.5 Å². The predicted octanol–water partition coefficient (Wildman–Crippen LogP) is 3.27. The highest BCUT2D eigenvalue weighted by Crippen LogP contribution is 2.29. The largest absolute Gasteiger partial charge is 0.497 e. The van der Waals surface area contributed by atoms with Crippen molar-refractivity contribution in [3.63, 3.8) is 0 Å². The van der Waals surface area contributed by atoms with Crippen LogP contribution in [0.1, 0.15) is 11.1 Å². The second kappa shape index (κ2) is 7.39. The summed E-state index contributed by atoms with van der Waals surface area (Å²) >= 11 is 0. The Morgan fingerprint density at radius 3 is 2.38 bits per heavy atom. The number of nitrogens with one attached hydrogen (secondary N) is 2. The number of benzene rings is 2. The first kappa shape index (κ1) is 18.1. The third kappa shape index (κ3) is 3.61. The molecule has 1 aliphatic heterocycles. The third-order valence-corrected chi connectivity index (χ3v) is 4.38. The number of rotatable bonds is 4. The van der Waals surface area contributed by atoms with E-state index in [9.17, 15) is 14.9 Å². The summed E-state index contributed by atoms with van der Waals surface area (Å²) in [6.45, 7) is 0. The van der Waals surface area contributed by atoms with Crippen LogP contribution in [0.2, 0.25) is 0 Å². The van der Waals surface area contributed by atoms with E-state index in [4.69, 9.17) is 4.74 Å². The summed E-state index contributed by atoms with van der Waals surface area (Å²) < 4.78 is 5.19. The number of allylic oxidation sites excluding steroid dienone is 1. The zero-order valence-corrected chi connectivity index (χ0v) is 15.2. The number of H-pyrrole nitrogens is 1. The summed E-state index contributed by atoms with van der Waals surface area (Å²) in [7, 11) is 1.58. The van der Waals surface area contributed by atoms with Crippen molar-refractivity contribution in [2.24, 2.45) is 4.99 Å². The number of ether oxygens (including phenoxy) is 1. The third-order valence-electron chi connectivity index (χ3n) is 4.38. The van der Waals surface area contributed by atoms with E-state index in [0.29, 0.717) is 22.7 Å². The molecule has 1 aromatic heterocycles. The molecule has 0 spiro atoms. The summed E-state index contributed by atoms with van der Waals surface area (Å²) in [5, 5.41) is 14.0. The molecule has 0 saturated heterocycles. The van der Waals surface area contributed by atoms with E-state index in [-0.39, 0.29) is 22.8 Å². The highest BCUT2D eigenvalue weighted by atomic mass is 16.6. The van der Waals surface area contributed by atoms with Gasteiger partial charge in [0.25, 0.3) is 11.2 Å². The molecule has 29 heavy (non-hydrogen) atoms. The summed E-state index contributed by atoms with van der Waals surface area (Å²) in [6.07, 6.45) is 3.04. The minimum atomic E-state index is -0.463. The molecular weight excluding hydrogens is 374 g/mol. The SMILES string of the molecule is COc1ccc(C2=CC(c3ccc([N+](=O)[O-])cc3)=Nc3nc[nH]c(=O)c3N2)cc1. The topological polar surface area (TPSA) is 123 Å². The van der Waals surface area contributed by atoms with Crippen molar-refractivity contribution in [3.8, 4) is 5.75 Å². The predicted molar refractivity (Wildman–Crippen MR) is 109 cm³/mol. The molecule has 0 bridgehead atoms. The van der Waals surface area contributed by atoms with E-state index in [2.05, 4.69) is 20.3 Å². The van der Waals surface area contributed by atoms with Crippen LogP contribution in [0, 0.1) is 10.1 Å². The quantitative estimate of drug-likeness (QED) is 0.521. The van der Waals surface area contributed by atoms with Crippen LogP contribution in [0.4, 0.5) is 17.2 Å². The molecule has 2 N–H and O–H groups in total. The van der Waals surface area contributed by atoms with Gasteiger partial charge in [-0.25, -0.2) is 9.98 Å². The molecule has 9 nitrogen and oxygen atoms in total. The molecule has 0 fully saturated rings. The van der Waals surface area contributed by atoms with Crippen molar-refractivity contribution < 1.29 is 9.66 Å². The Morgan fingerprint density at radius 2 is 1.72 bits per heavy atom. The first-order chi connectivity index (χ1) is 14.0. The highest BCUT2D eigenvalue weighted by Gasteiger charge is 2.18. The fraction of sp³-hybridized carbons (Fsp3) is 0.0500. The van der Waals surface area contributed by atoms with Gasteiger partial charge in [-0.05, 0) is 48.0 Å². The Hall–Kier alpha value is -4.27. The van der Waals surface area contributed by atoms with Gasteiger partial charge in [0.05, 0.1) is 24.1 Å². The number of nitrogens with zero attached hydrogens (tertiary/aromatic N) is 3. The Kier molecular flexibility index (Phi) is 4.62. The van der Waals surface area contributed by atoms with Gasteiger partial charge in [0.15, 0.2) is 11.5 Å². The zero-order chi connectivity index (χ0) is 20.4. The Balaban J connectivity index is 1.85. The highest BCUT2D eigenvalue weighted by molar-refractivity contribution is 6.15. The maximum atomic E-state index is 12.3. The minimum absolute atomic E-state index is 0.0181. The van der Waals surface area contributed by atoms with Crippen LogP contribution in [-0.2, 0) is 0 Å². The molecular formula is C20H15N5O4. The van der Waals surface area contributed by atoms with Crippen molar-refractivity contribution >= 4 is 28.6 Å². The fourth-order valence-electron chi connectivity index (χ4n) is 2.87.